The van der Waals surface area contributed by atoms with E-state index in [-0.39, 0.29) is 12.0 Å². The van der Waals surface area contributed by atoms with Crippen LogP contribution in [0.1, 0.15) is 29.0 Å². The fourth-order valence-corrected chi connectivity index (χ4v) is 3.48. The number of ether oxygens (including phenoxy) is 1. The number of hydrogen-bond donors (Lipinski definition) is 0. The molecular weight excluding hydrogens is 330 g/mol. The number of pyridine rings is 1. The molecular formula is C19H21N5O2. The molecule has 4 heterocycles. The third-order valence-electron chi connectivity index (χ3n) is 5.15. The number of rotatable bonds is 4. The summed E-state index contributed by atoms with van der Waals surface area (Å²) < 4.78 is 9.92. The molecule has 0 aromatic carbocycles. The standard InChI is InChI=1S/C19H21N5O2/c25-19(17-9-20-18-3-1-2-8-23(17)18)22-10-15-6-7-21-24(15)12-16(11-22)26-13-14-4-5-14/h1-3,6-9,14,16H,4-5,10-13H2/t16-/m1/s1. The summed E-state index contributed by atoms with van der Waals surface area (Å²) in [5.74, 6) is 0.664. The highest BCUT2D eigenvalue weighted by Gasteiger charge is 2.30. The second kappa shape index (κ2) is 6.25. The quantitative estimate of drug-likeness (QED) is 0.721. The Hall–Kier alpha value is -2.67. The zero-order valence-corrected chi connectivity index (χ0v) is 14.5. The molecule has 0 unspecified atom stereocenters. The Bertz CT molecular complexity index is 942. The van der Waals surface area contributed by atoms with Crippen molar-refractivity contribution in [1.82, 2.24) is 24.1 Å². The third kappa shape index (κ3) is 2.88. The fourth-order valence-electron chi connectivity index (χ4n) is 3.48. The Labute approximate surface area is 151 Å². The highest BCUT2D eigenvalue weighted by molar-refractivity contribution is 5.93. The molecule has 1 fully saturated rings. The SMILES string of the molecule is O=C(c1cnc2ccccn12)N1Cc2ccnn2C[C@H](OCC2CC2)C1. The van der Waals surface area contributed by atoms with Crippen molar-refractivity contribution in [2.75, 3.05) is 13.2 Å². The molecule has 1 aliphatic carbocycles. The Morgan fingerprint density at radius 3 is 3.04 bits per heavy atom. The molecule has 1 aliphatic heterocycles. The van der Waals surface area contributed by atoms with Crippen LogP contribution in [0.2, 0.25) is 0 Å². The van der Waals surface area contributed by atoms with Crippen LogP contribution in [0.5, 0.6) is 0 Å². The number of carbonyl (C=O) groups is 1. The van der Waals surface area contributed by atoms with Crippen LogP contribution in [0.3, 0.4) is 0 Å². The van der Waals surface area contributed by atoms with E-state index in [1.165, 1.54) is 12.8 Å². The lowest BCUT2D eigenvalue weighted by molar-refractivity contribution is 0.0135. The Morgan fingerprint density at radius 2 is 2.15 bits per heavy atom. The number of imidazole rings is 1. The average Bonchev–Trinajstić information content (AvgIpc) is 3.29. The molecule has 7 heteroatoms. The topological polar surface area (TPSA) is 64.7 Å². The zero-order chi connectivity index (χ0) is 17.5. The maximum absolute atomic E-state index is 13.2. The minimum Gasteiger partial charge on any atom is -0.374 e. The maximum Gasteiger partial charge on any atom is 0.272 e. The van der Waals surface area contributed by atoms with Crippen LogP contribution >= 0.6 is 0 Å². The summed E-state index contributed by atoms with van der Waals surface area (Å²) in [6.07, 6.45) is 7.78. The molecule has 5 rings (SSSR count). The van der Waals surface area contributed by atoms with Gasteiger partial charge in [-0.25, -0.2) is 4.98 Å². The van der Waals surface area contributed by atoms with Crippen molar-refractivity contribution in [3.05, 3.63) is 54.2 Å². The molecule has 1 amide bonds. The van der Waals surface area contributed by atoms with E-state index in [9.17, 15) is 4.79 Å². The van der Waals surface area contributed by atoms with Gasteiger partial charge in [-0.3, -0.25) is 13.9 Å². The molecule has 0 bridgehead atoms. The Kier molecular flexibility index (Phi) is 3.74. The molecule has 7 nitrogen and oxygen atoms in total. The molecule has 0 N–H and O–H groups in total. The first-order chi connectivity index (χ1) is 12.8. The van der Waals surface area contributed by atoms with Crippen LogP contribution < -0.4 is 0 Å². The van der Waals surface area contributed by atoms with Gasteiger partial charge in [-0.2, -0.15) is 5.10 Å². The number of nitrogens with zero attached hydrogens (tertiary/aromatic N) is 5. The molecule has 2 aliphatic rings. The highest BCUT2D eigenvalue weighted by atomic mass is 16.5. The molecule has 0 spiro atoms. The van der Waals surface area contributed by atoms with Gasteiger partial charge in [-0.1, -0.05) is 6.07 Å². The van der Waals surface area contributed by atoms with E-state index >= 15 is 0 Å². The van der Waals surface area contributed by atoms with Crippen molar-refractivity contribution >= 4 is 11.6 Å². The van der Waals surface area contributed by atoms with E-state index in [4.69, 9.17) is 4.74 Å². The summed E-state index contributed by atoms with van der Waals surface area (Å²) >= 11 is 0. The molecule has 3 aromatic rings. The third-order valence-corrected chi connectivity index (χ3v) is 5.15. The van der Waals surface area contributed by atoms with Crippen molar-refractivity contribution in [3.63, 3.8) is 0 Å². The van der Waals surface area contributed by atoms with Gasteiger partial charge in [0.25, 0.3) is 5.91 Å². The largest absolute Gasteiger partial charge is 0.374 e. The van der Waals surface area contributed by atoms with Crippen molar-refractivity contribution in [1.29, 1.82) is 0 Å². The van der Waals surface area contributed by atoms with Crippen LogP contribution in [-0.2, 0) is 17.8 Å². The molecule has 26 heavy (non-hydrogen) atoms. The monoisotopic (exact) mass is 351 g/mol. The first-order valence-electron chi connectivity index (χ1n) is 9.11. The smallest absolute Gasteiger partial charge is 0.272 e. The van der Waals surface area contributed by atoms with Crippen LogP contribution in [0, 0.1) is 5.92 Å². The van der Waals surface area contributed by atoms with Gasteiger partial charge in [0, 0.05) is 25.5 Å². The minimum absolute atomic E-state index is 0.0293. The summed E-state index contributed by atoms with van der Waals surface area (Å²) in [7, 11) is 0. The average molecular weight is 351 g/mol. The number of aromatic nitrogens is 4. The predicted octanol–water partition coefficient (Wildman–Crippen LogP) is 1.98. The van der Waals surface area contributed by atoms with Gasteiger partial charge in [0.2, 0.25) is 0 Å². The predicted molar refractivity (Wildman–Crippen MR) is 94.6 cm³/mol. The van der Waals surface area contributed by atoms with Crippen LogP contribution in [0.15, 0.2) is 42.9 Å². The maximum atomic E-state index is 13.2. The number of hydrogen-bond acceptors (Lipinski definition) is 4. The lowest BCUT2D eigenvalue weighted by Gasteiger charge is -2.24. The summed E-state index contributed by atoms with van der Waals surface area (Å²) in [6.45, 7) is 2.56. The lowest BCUT2D eigenvalue weighted by atomic mass is 10.3. The van der Waals surface area contributed by atoms with Gasteiger partial charge < -0.3 is 9.64 Å². The highest BCUT2D eigenvalue weighted by Crippen LogP contribution is 2.29. The lowest BCUT2D eigenvalue weighted by Crippen LogP contribution is -2.38. The molecule has 1 saturated carbocycles. The molecule has 3 aromatic heterocycles. The number of amides is 1. The van der Waals surface area contributed by atoms with Crippen molar-refractivity contribution in [2.24, 2.45) is 5.92 Å². The summed E-state index contributed by atoms with van der Waals surface area (Å²) in [6, 6.07) is 7.70. The number of fused-ring (bicyclic) bond motifs is 2. The second-order valence-corrected chi connectivity index (χ2v) is 7.16. The first kappa shape index (κ1) is 15.6. The summed E-state index contributed by atoms with van der Waals surface area (Å²) in [5.41, 5.74) is 2.39. The van der Waals surface area contributed by atoms with E-state index in [1.807, 2.05) is 44.4 Å². The Balaban J connectivity index is 1.43. The zero-order valence-electron chi connectivity index (χ0n) is 14.5. The number of carbonyl (C=O) groups excluding carboxylic acids is 1. The second-order valence-electron chi connectivity index (χ2n) is 7.16. The Morgan fingerprint density at radius 1 is 1.23 bits per heavy atom. The molecule has 134 valence electrons. The normalized spacial score (nSPS) is 20.2. The van der Waals surface area contributed by atoms with Crippen molar-refractivity contribution in [3.8, 4) is 0 Å². The van der Waals surface area contributed by atoms with Gasteiger partial charge in [-0.15, -0.1) is 0 Å². The van der Waals surface area contributed by atoms with Crippen LogP contribution in [-0.4, -0.2) is 49.2 Å². The van der Waals surface area contributed by atoms with E-state index in [1.54, 1.807) is 12.4 Å². The van der Waals surface area contributed by atoms with Crippen molar-refractivity contribution < 1.29 is 9.53 Å². The van der Waals surface area contributed by atoms with E-state index in [2.05, 4.69) is 10.1 Å². The van der Waals surface area contributed by atoms with E-state index < -0.39 is 0 Å². The van der Waals surface area contributed by atoms with Gasteiger partial charge in [-0.05, 0) is 37.0 Å². The van der Waals surface area contributed by atoms with Gasteiger partial charge >= 0.3 is 0 Å². The minimum atomic E-state index is -0.0418. The molecule has 0 radical (unpaired) electrons. The molecule has 0 saturated heterocycles. The van der Waals surface area contributed by atoms with E-state index in [0.717, 1.165) is 17.9 Å². The summed E-state index contributed by atoms with van der Waals surface area (Å²) in [5, 5.41) is 4.40. The first-order valence-corrected chi connectivity index (χ1v) is 9.11. The summed E-state index contributed by atoms with van der Waals surface area (Å²) in [4.78, 5) is 19.4. The van der Waals surface area contributed by atoms with E-state index in [0.29, 0.717) is 31.2 Å². The van der Waals surface area contributed by atoms with Crippen LogP contribution in [0.4, 0.5) is 0 Å². The van der Waals surface area contributed by atoms with Gasteiger partial charge in [0.1, 0.15) is 11.3 Å². The fraction of sp³-hybridized carbons (Fsp3) is 0.421. The van der Waals surface area contributed by atoms with Gasteiger partial charge in [0.05, 0.1) is 31.1 Å². The van der Waals surface area contributed by atoms with Gasteiger partial charge in [0.15, 0.2) is 0 Å². The van der Waals surface area contributed by atoms with Crippen molar-refractivity contribution in [2.45, 2.75) is 32.0 Å². The van der Waals surface area contributed by atoms with Crippen LogP contribution in [0.25, 0.3) is 5.65 Å². The molecule has 1 atom stereocenters.